The Hall–Kier alpha value is -0.290. The van der Waals surface area contributed by atoms with Crippen LogP contribution in [0.4, 0.5) is 0 Å². The Morgan fingerprint density at radius 2 is 1.75 bits per heavy atom. The van der Waals surface area contributed by atoms with Crippen LogP contribution in [-0.2, 0) is 6.42 Å². The summed E-state index contributed by atoms with van der Waals surface area (Å²) in [6.07, 6.45) is 0.629. The van der Waals surface area contributed by atoms with Crippen molar-refractivity contribution in [3.8, 4) is 0 Å². The molecule has 20 heavy (non-hydrogen) atoms. The van der Waals surface area contributed by atoms with E-state index in [1.807, 2.05) is 24.3 Å². The molecule has 0 saturated heterocycles. The van der Waals surface area contributed by atoms with Gasteiger partial charge in [-0.1, -0.05) is 40.9 Å². The van der Waals surface area contributed by atoms with Crippen LogP contribution in [0.1, 0.15) is 17.2 Å². The van der Waals surface area contributed by atoms with Gasteiger partial charge in [-0.05, 0) is 63.8 Å². The predicted octanol–water partition coefficient (Wildman–Crippen LogP) is 5.16. The van der Waals surface area contributed by atoms with Gasteiger partial charge in [-0.25, -0.2) is 0 Å². The summed E-state index contributed by atoms with van der Waals surface area (Å²) >= 11 is 21.6. The highest BCUT2D eigenvalue weighted by Gasteiger charge is 2.14. The van der Waals surface area contributed by atoms with Crippen molar-refractivity contribution in [3.05, 3.63) is 67.1 Å². The third-order valence-corrected chi connectivity index (χ3v) is 4.80. The van der Waals surface area contributed by atoms with Crippen LogP contribution in [-0.4, -0.2) is 0 Å². The van der Waals surface area contributed by atoms with Gasteiger partial charge in [0.25, 0.3) is 0 Å². The topological polar surface area (TPSA) is 38.0 Å². The second kappa shape index (κ2) is 7.12. The molecule has 0 heterocycles. The first-order valence-corrected chi connectivity index (χ1v) is 7.79. The van der Waals surface area contributed by atoms with E-state index in [2.05, 4.69) is 21.4 Å². The van der Waals surface area contributed by atoms with Crippen LogP contribution in [0.25, 0.3) is 0 Å². The number of hydrazine groups is 1. The monoisotopic (exact) mass is 392 g/mol. The maximum absolute atomic E-state index is 6.18. The first-order valence-electron chi connectivity index (χ1n) is 5.86. The minimum absolute atomic E-state index is 0.0838. The van der Waals surface area contributed by atoms with Crippen molar-refractivity contribution in [1.82, 2.24) is 5.43 Å². The van der Waals surface area contributed by atoms with Crippen molar-refractivity contribution in [3.63, 3.8) is 0 Å². The maximum atomic E-state index is 6.18. The Labute approximate surface area is 141 Å². The van der Waals surface area contributed by atoms with Crippen molar-refractivity contribution in [2.45, 2.75) is 12.5 Å². The van der Waals surface area contributed by atoms with E-state index < -0.39 is 0 Å². The molecule has 0 radical (unpaired) electrons. The number of hydrogen-bond donors (Lipinski definition) is 2. The Kier molecular flexibility index (Phi) is 5.73. The first-order chi connectivity index (χ1) is 9.51. The van der Waals surface area contributed by atoms with Gasteiger partial charge in [0.2, 0.25) is 0 Å². The molecule has 3 N–H and O–H groups in total. The van der Waals surface area contributed by atoms with E-state index in [-0.39, 0.29) is 6.04 Å². The lowest BCUT2D eigenvalue weighted by Crippen LogP contribution is -2.29. The zero-order valence-electron chi connectivity index (χ0n) is 10.3. The van der Waals surface area contributed by atoms with Gasteiger partial charge < -0.3 is 0 Å². The number of nitrogens with two attached hydrogens (primary N) is 1. The van der Waals surface area contributed by atoms with Gasteiger partial charge in [0.15, 0.2) is 0 Å². The molecular formula is C14H12BrCl3N2. The molecule has 0 aromatic heterocycles. The Morgan fingerprint density at radius 1 is 1.05 bits per heavy atom. The van der Waals surface area contributed by atoms with Gasteiger partial charge in [-0.15, -0.1) is 0 Å². The van der Waals surface area contributed by atoms with Crippen molar-refractivity contribution in [1.29, 1.82) is 0 Å². The molecule has 0 aliphatic rings. The second-order valence-electron chi connectivity index (χ2n) is 4.33. The van der Waals surface area contributed by atoms with Gasteiger partial charge >= 0.3 is 0 Å². The molecule has 2 rings (SSSR count). The maximum Gasteiger partial charge on any atom is 0.0548 e. The summed E-state index contributed by atoms with van der Waals surface area (Å²) in [6.45, 7) is 0. The van der Waals surface area contributed by atoms with E-state index in [0.29, 0.717) is 21.5 Å². The molecule has 0 bridgehead atoms. The Balaban J connectivity index is 2.28. The number of hydrogen-bond acceptors (Lipinski definition) is 2. The highest BCUT2D eigenvalue weighted by Crippen LogP contribution is 2.29. The summed E-state index contributed by atoms with van der Waals surface area (Å²) in [5, 5.41) is 1.98. The summed E-state index contributed by atoms with van der Waals surface area (Å²) in [5.74, 6) is 5.65. The highest BCUT2D eigenvalue weighted by atomic mass is 79.9. The quantitative estimate of drug-likeness (QED) is 0.555. The molecule has 2 aromatic carbocycles. The predicted molar refractivity (Wildman–Crippen MR) is 89.4 cm³/mol. The van der Waals surface area contributed by atoms with E-state index in [9.17, 15) is 0 Å². The fourth-order valence-electron chi connectivity index (χ4n) is 1.92. The largest absolute Gasteiger partial charge is 0.271 e. The van der Waals surface area contributed by atoms with Gasteiger partial charge in [0.05, 0.1) is 11.1 Å². The molecule has 0 aliphatic carbocycles. The van der Waals surface area contributed by atoms with Crippen LogP contribution in [0.2, 0.25) is 15.1 Å². The lowest BCUT2D eigenvalue weighted by Gasteiger charge is -2.18. The SMILES string of the molecule is NNC(Cc1cc(Cl)ccc1Cl)c1ccc(Cl)c(Br)c1. The molecule has 106 valence electrons. The van der Waals surface area contributed by atoms with Gasteiger partial charge in [0, 0.05) is 14.5 Å². The minimum atomic E-state index is -0.0838. The Bertz CT molecular complexity index is 619. The van der Waals surface area contributed by atoms with Gasteiger partial charge in [-0.3, -0.25) is 11.3 Å². The number of halogens is 4. The van der Waals surface area contributed by atoms with Crippen LogP contribution in [0.5, 0.6) is 0 Å². The standard InChI is InChI=1S/C14H12BrCl3N2/c15-11-6-8(1-3-13(11)18)14(20-19)7-9-5-10(16)2-4-12(9)17/h1-6,14,20H,7,19H2. The molecular weight excluding hydrogens is 382 g/mol. The third kappa shape index (κ3) is 3.88. The fraction of sp³-hybridized carbons (Fsp3) is 0.143. The molecule has 1 atom stereocenters. The van der Waals surface area contributed by atoms with Gasteiger partial charge in [-0.2, -0.15) is 0 Å². The average Bonchev–Trinajstić information content (AvgIpc) is 2.43. The minimum Gasteiger partial charge on any atom is -0.271 e. The number of rotatable bonds is 4. The molecule has 2 aromatic rings. The van der Waals surface area contributed by atoms with Crippen molar-refractivity contribution in [2.24, 2.45) is 5.84 Å². The second-order valence-corrected chi connectivity index (χ2v) is 6.44. The molecule has 0 aliphatic heterocycles. The van der Waals surface area contributed by atoms with Gasteiger partial charge in [0.1, 0.15) is 0 Å². The molecule has 1 unspecified atom stereocenters. The summed E-state index contributed by atoms with van der Waals surface area (Å²) in [6, 6.07) is 11.0. The van der Waals surface area contributed by atoms with E-state index in [1.54, 1.807) is 12.1 Å². The van der Waals surface area contributed by atoms with Crippen LogP contribution < -0.4 is 11.3 Å². The molecule has 0 spiro atoms. The van der Waals surface area contributed by atoms with Crippen LogP contribution in [0, 0.1) is 0 Å². The molecule has 0 amide bonds. The molecule has 0 saturated carbocycles. The van der Waals surface area contributed by atoms with E-state index in [1.165, 1.54) is 0 Å². The molecule has 0 fully saturated rings. The van der Waals surface area contributed by atoms with Crippen molar-refractivity contribution < 1.29 is 0 Å². The number of benzene rings is 2. The summed E-state index contributed by atoms with van der Waals surface area (Å²) in [4.78, 5) is 0. The van der Waals surface area contributed by atoms with Crippen LogP contribution in [0.15, 0.2) is 40.9 Å². The smallest absolute Gasteiger partial charge is 0.0548 e. The summed E-state index contributed by atoms with van der Waals surface area (Å²) < 4.78 is 0.828. The normalized spacial score (nSPS) is 12.4. The van der Waals surface area contributed by atoms with E-state index >= 15 is 0 Å². The molecule has 6 heteroatoms. The van der Waals surface area contributed by atoms with E-state index in [0.717, 1.165) is 15.6 Å². The van der Waals surface area contributed by atoms with Crippen LogP contribution in [0.3, 0.4) is 0 Å². The first kappa shape index (κ1) is 16.1. The highest BCUT2D eigenvalue weighted by molar-refractivity contribution is 9.10. The van der Waals surface area contributed by atoms with E-state index in [4.69, 9.17) is 40.6 Å². The third-order valence-electron chi connectivity index (χ3n) is 2.98. The zero-order chi connectivity index (χ0) is 14.7. The Morgan fingerprint density at radius 3 is 2.40 bits per heavy atom. The zero-order valence-corrected chi connectivity index (χ0v) is 14.2. The summed E-state index contributed by atoms with van der Waals surface area (Å²) in [5.41, 5.74) is 4.75. The lowest BCUT2D eigenvalue weighted by molar-refractivity contribution is 0.552. The average molecular weight is 395 g/mol. The fourth-order valence-corrected chi connectivity index (χ4v) is 2.83. The van der Waals surface area contributed by atoms with Crippen molar-refractivity contribution in [2.75, 3.05) is 0 Å². The molecule has 2 nitrogen and oxygen atoms in total. The lowest BCUT2D eigenvalue weighted by atomic mass is 9.99. The van der Waals surface area contributed by atoms with Crippen LogP contribution >= 0.6 is 50.7 Å². The number of nitrogens with one attached hydrogen (secondary N) is 1. The van der Waals surface area contributed by atoms with Crippen molar-refractivity contribution >= 4 is 50.7 Å². The summed E-state index contributed by atoms with van der Waals surface area (Å²) in [7, 11) is 0.